The van der Waals surface area contributed by atoms with Gasteiger partial charge in [-0.3, -0.25) is 4.79 Å². The largest absolute Gasteiger partial charge is 0.355 e. The Labute approximate surface area is 131 Å². The number of thioether (sulfide) groups is 1. The van der Waals surface area contributed by atoms with Crippen molar-refractivity contribution in [3.63, 3.8) is 0 Å². The number of rotatable bonds is 7. The number of benzene rings is 2. The van der Waals surface area contributed by atoms with Crippen LogP contribution >= 0.6 is 11.8 Å². The first-order valence-corrected chi connectivity index (χ1v) is 8.28. The summed E-state index contributed by atoms with van der Waals surface area (Å²) >= 11 is 1.67. The summed E-state index contributed by atoms with van der Waals surface area (Å²) < 4.78 is 0. The quantitative estimate of drug-likeness (QED) is 0.845. The summed E-state index contributed by atoms with van der Waals surface area (Å²) in [5.74, 6) is 0.987. The number of carbonyl (C=O) groups excluding carboxylic acids is 1. The summed E-state index contributed by atoms with van der Waals surface area (Å²) in [6, 6.07) is 20.5. The van der Waals surface area contributed by atoms with E-state index in [1.807, 2.05) is 43.3 Å². The fourth-order valence-electron chi connectivity index (χ4n) is 1.99. The second kappa shape index (κ2) is 8.53. The van der Waals surface area contributed by atoms with Gasteiger partial charge in [0.15, 0.2) is 0 Å². The topological polar surface area (TPSA) is 29.1 Å². The maximum Gasteiger partial charge on any atom is 0.232 e. The van der Waals surface area contributed by atoms with Crippen LogP contribution in [0, 0.1) is 0 Å². The summed E-state index contributed by atoms with van der Waals surface area (Å²) in [6.45, 7) is 2.66. The molecule has 0 radical (unpaired) electrons. The van der Waals surface area contributed by atoms with Gasteiger partial charge in [0.1, 0.15) is 0 Å². The number of hydrogen-bond donors (Lipinski definition) is 1. The second-order valence-electron chi connectivity index (χ2n) is 4.97. The first kappa shape index (κ1) is 15.6. The third-order valence-electron chi connectivity index (χ3n) is 3.27. The van der Waals surface area contributed by atoms with Crippen LogP contribution in [-0.4, -0.2) is 17.7 Å². The highest BCUT2D eigenvalue weighted by Crippen LogP contribution is 2.17. The average Bonchev–Trinajstić information content (AvgIpc) is 2.54. The Hall–Kier alpha value is -1.74. The maximum atomic E-state index is 12.0. The number of hydrogen-bond acceptors (Lipinski definition) is 2. The van der Waals surface area contributed by atoms with Crippen LogP contribution in [0.15, 0.2) is 60.7 Å². The lowest BCUT2D eigenvalue weighted by atomic mass is 10.1. The van der Waals surface area contributed by atoms with Gasteiger partial charge >= 0.3 is 0 Å². The molecule has 0 aliphatic rings. The van der Waals surface area contributed by atoms with Crippen LogP contribution in [0.5, 0.6) is 0 Å². The van der Waals surface area contributed by atoms with E-state index in [4.69, 9.17) is 0 Å². The Morgan fingerprint density at radius 1 is 1.00 bits per heavy atom. The molecule has 2 aromatic rings. The average molecular weight is 299 g/mol. The molecular formula is C18H21NOS. The molecule has 1 N–H and O–H groups in total. The minimum atomic E-state index is -0.0269. The van der Waals surface area contributed by atoms with Crippen molar-refractivity contribution in [1.82, 2.24) is 5.32 Å². The van der Waals surface area contributed by atoms with Gasteiger partial charge in [0, 0.05) is 12.3 Å². The van der Waals surface area contributed by atoms with E-state index in [0.29, 0.717) is 6.54 Å². The smallest absolute Gasteiger partial charge is 0.232 e. The summed E-state index contributed by atoms with van der Waals surface area (Å²) in [5.41, 5.74) is 2.51. The number of amides is 1. The van der Waals surface area contributed by atoms with Gasteiger partial charge < -0.3 is 5.32 Å². The van der Waals surface area contributed by atoms with Gasteiger partial charge in [0.05, 0.1) is 5.25 Å². The van der Waals surface area contributed by atoms with Gasteiger partial charge in [0.2, 0.25) is 5.91 Å². The first-order valence-electron chi connectivity index (χ1n) is 7.23. The lowest BCUT2D eigenvalue weighted by Gasteiger charge is -2.12. The third-order valence-corrected chi connectivity index (χ3v) is 4.48. The van der Waals surface area contributed by atoms with Crippen molar-refractivity contribution in [2.45, 2.75) is 24.3 Å². The molecule has 0 aliphatic heterocycles. The van der Waals surface area contributed by atoms with E-state index in [1.165, 1.54) is 11.1 Å². The zero-order chi connectivity index (χ0) is 14.9. The van der Waals surface area contributed by atoms with E-state index in [1.54, 1.807) is 11.8 Å². The normalized spacial score (nSPS) is 11.9. The minimum Gasteiger partial charge on any atom is -0.355 e. The van der Waals surface area contributed by atoms with Crippen LogP contribution in [0.25, 0.3) is 0 Å². The summed E-state index contributed by atoms with van der Waals surface area (Å²) in [4.78, 5) is 12.0. The standard InChI is InChI=1S/C18H21NOS/c1-15(21-14-17-10-6-3-7-11-17)18(20)19-13-12-16-8-4-2-5-9-16/h2-11,15H,12-14H2,1H3,(H,19,20). The first-order chi connectivity index (χ1) is 10.3. The highest BCUT2D eigenvalue weighted by atomic mass is 32.2. The molecule has 1 unspecified atom stereocenters. The SMILES string of the molecule is CC(SCc1ccccc1)C(=O)NCCc1ccccc1. The molecule has 0 heterocycles. The van der Waals surface area contributed by atoms with Crippen molar-refractivity contribution in [2.24, 2.45) is 0 Å². The van der Waals surface area contributed by atoms with E-state index in [9.17, 15) is 4.79 Å². The van der Waals surface area contributed by atoms with E-state index in [2.05, 4.69) is 29.6 Å². The van der Waals surface area contributed by atoms with Crippen molar-refractivity contribution < 1.29 is 4.79 Å². The predicted octanol–water partition coefficient (Wildman–Crippen LogP) is 3.67. The zero-order valence-corrected chi connectivity index (χ0v) is 13.1. The van der Waals surface area contributed by atoms with E-state index in [0.717, 1.165) is 12.2 Å². The van der Waals surface area contributed by atoms with Gasteiger partial charge in [-0.05, 0) is 24.5 Å². The van der Waals surface area contributed by atoms with Gasteiger partial charge in [-0.1, -0.05) is 60.7 Å². The van der Waals surface area contributed by atoms with Crippen LogP contribution in [0.1, 0.15) is 18.1 Å². The molecule has 0 fully saturated rings. The van der Waals surface area contributed by atoms with E-state index < -0.39 is 0 Å². The molecule has 2 aromatic carbocycles. The molecule has 3 heteroatoms. The van der Waals surface area contributed by atoms with Gasteiger partial charge in [-0.15, -0.1) is 11.8 Å². The molecule has 0 aliphatic carbocycles. The van der Waals surface area contributed by atoms with E-state index >= 15 is 0 Å². The van der Waals surface area contributed by atoms with Crippen molar-refractivity contribution >= 4 is 17.7 Å². The van der Waals surface area contributed by atoms with Crippen LogP contribution < -0.4 is 5.32 Å². The van der Waals surface area contributed by atoms with Crippen molar-refractivity contribution in [1.29, 1.82) is 0 Å². The highest BCUT2D eigenvalue weighted by Gasteiger charge is 2.12. The molecule has 0 saturated carbocycles. The molecule has 0 bridgehead atoms. The Morgan fingerprint density at radius 3 is 2.19 bits per heavy atom. The Kier molecular flexibility index (Phi) is 6.35. The molecule has 0 saturated heterocycles. The zero-order valence-electron chi connectivity index (χ0n) is 12.3. The highest BCUT2D eigenvalue weighted by molar-refractivity contribution is 7.99. The maximum absolute atomic E-state index is 12.0. The summed E-state index contributed by atoms with van der Waals surface area (Å²) in [6.07, 6.45) is 0.878. The van der Waals surface area contributed by atoms with Gasteiger partial charge in [-0.25, -0.2) is 0 Å². The summed E-state index contributed by atoms with van der Waals surface area (Å²) in [5, 5.41) is 2.98. The molecule has 1 amide bonds. The molecule has 110 valence electrons. The third kappa shape index (κ3) is 5.64. The lowest BCUT2D eigenvalue weighted by Crippen LogP contribution is -2.32. The van der Waals surface area contributed by atoms with Crippen LogP contribution in [0.4, 0.5) is 0 Å². The fourth-order valence-corrected chi connectivity index (χ4v) is 2.86. The predicted molar refractivity (Wildman–Crippen MR) is 90.4 cm³/mol. The monoisotopic (exact) mass is 299 g/mol. The van der Waals surface area contributed by atoms with Gasteiger partial charge in [0.25, 0.3) is 0 Å². The van der Waals surface area contributed by atoms with Gasteiger partial charge in [-0.2, -0.15) is 0 Å². The van der Waals surface area contributed by atoms with Crippen molar-refractivity contribution in [2.75, 3.05) is 6.54 Å². The van der Waals surface area contributed by atoms with Crippen molar-refractivity contribution in [3.8, 4) is 0 Å². The van der Waals surface area contributed by atoms with Crippen molar-refractivity contribution in [3.05, 3.63) is 71.8 Å². The number of carbonyl (C=O) groups is 1. The molecular weight excluding hydrogens is 278 g/mol. The Morgan fingerprint density at radius 2 is 1.57 bits per heavy atom. The molecule has 0 spiro atoms. The van der Waals surface area contributed by atoms with Crippen LogP contribution in [0.2, 0.25) is 0 Å². The molecule has 0 aromatic heterocycles. The fraction of sp³-hybridized carbons (Fsp3) is 0.278. The number of nitrogens with one attached hydrogen (secondary N) is 1. The minimum absolute atomic E-state index is 0.0269. The Balaban J connectivity index is 1.68. The molecule has 1 atom stereocenters. The molecule has 2 rings (SSSR count). The summed E-state index contributed by atoms with van der Waals surface area (Å²) in [7, 11) is 0. The lowest BCUT2D eigenvalue weighted by molar-refractivity contribution is -0.120. The van der Waals surface area contributed by atoms with Crippen LogP contribution in [-0.2, 0) is 17.0 Å². The van der Waals surface area contributed by atoms with Crippen LogP contribution in [0.3, 0.4) is 0 Å². The Bertz CT molecular complexity index is 542. The molecule has 2 nitrogen and oxygen atoms in total. The van der Waals surface area contributed by atoms with E-state index in [-0.39, 0.29) is 11.2 Å². The molecule has 21 heavy (non-hydrogen) atoms. The second-order valence-corrected chi connectivity index (χ2v) is 6.29.